The van der Waals surface area contributed by atoms with Gasteiger partial charge in [-0.1, -0.05) is 18.2 Å². The number of carbonyl (C=O) groups is 2. The Morgan fingerprint density at radius 3 is 2.31 bits per heavy atom. The molecule has 1 heterocycles. The second kappa shape index (κ2) is 9.52. The van der Waals surface area contributed by atoms with Gasteiger partial charge in [-0.2, -0.15) is 18.3 Å². The van der Waals surface area contributed by atoms with Crippen molar-refractivity contribution in [3.05, 3.63) is 74.2 Å². The second-order valence-electron chi connectivity index (χ2n) is 7.76. The number of rotatable bonds is 6. The number of fused-ring (bicyclic) bond motifs is 1. The van der Waals surface area contributed by atoms with E-state index in [-0.39, 0.29) is 22.5 Å². The van der Waals surface area contributed by atoms with E-state index < -0.39 is 57.6 Å². The maximum atomic E-state index is 13.4. The molecule has 1 amide bonds. The number of amides is 1. The number of alkyl halides is 3. The van der Waals surface area contributed by atoms with Gasteiger partial charge in [-0.05, 0) is 32.9 Å². The molecule has 184 valence electrons. The smallest absolute Gasteiger partial charge is 0.418 e. The lowest BCUT2D eigenvalue weighted by Crippen LogP contribution is -2.32. The molecule has 0 aliphatic carbocycles. The molecule has 10 nitrogen and oxygen atoms in total. The number of hydrogen-bond donors (Lipinski definition) is 1. The summed E-state index contributed by atoms with van der Waals surface area (Å²) < 4.78 is 46.3. The molecule has 1 atom stereocenters. The number of hydrogen-bond acceptors (Lipinski definition) is 7. The van der Waals surface area contributed by atoms with Gasteiger partial charge < -0.3 is 10.1 Å². The minimum absolute atomic E-state index is 0.182. The summed E-state index contributed by atoms with van der Waals surface area (Å²) in [6.45, 7) is 4.49. The van der Waals surface area contributed by atoms with E-state index in [2.05, 4.69) is 5.10 Å². The quantitative estimate of drug-likeness (QED) is 0.311. The van der Waals surface area contributed by atoms with Crippen LogP contribution in [0.15, 0.2) is 47.3 Å². The Labute approximate surface area is 195 Å². The highest BCUT2D eigenvalue weighted by atomic mass is 19.4. The van der Waals surface area contributed by atoms with Gasteiger partial charge in [0.05, 0.1) is 27.6 Å². The Morgan fingerprint density at radius 2 is 1.74 bits per heavy atom. The number of nitrogens with zero attached hydrogens (tertiary/aromatic N) is 3. The van der Waals surface area contributed by atoms with Crippen molar-refractivity contribution in [2.75, 3.05) is 5.32 Å². The summed E-state index contributed by atoms with van der Waals surface area (Å²) in [5, 5.41) is 17.2. The van der Waals surface area contributed by atoms with E-state index in [1.54, 1.807) is 26.0 Å². The van der Waals surface area contributed by atoms with E-state index in [1.807, 2.05) is 5.32 Å². The Hall–Kier alpha value is -4.29. The zero-order valence-electron chi connectivity index (χ0n) is 18.6. The van der Waals surface area contributed by atoms with Crippen LogP contribution in [-0.4, -0.2) is 32.7 Å². The summed E-state index contributed by atoms with van der Waals surface area (Å²) in [6, 6.07) is 7.57. The highest BCUT2D eigenvalue weighted by Crippen LogP contribution is 2.37. The van der Waals surface area contributed by atoms with Crippen molar-refractivity contribution >= 4 is 34.0 Å². The van der Waals surface area contributed by atoms with Gasteiger partial charge in [0.25, 0.3) is 17.2 Å². The van der Waals surface area contributed by atoms with Gasteiger partial charge in [0.2, 0.25) is 0 Å². The summed E-state index contributed by atoms with van der Waals surface area (Å²) in [4.78, 5) is 47.8. The lowest BCUT2D eigenvalue weighted by atomic mass is 10.1. The summed E-state index contributed by atoms with van der Waals surface area (Å²) in [5.74, 6) is -2.18. The number of non-ortho nitro benzene ring substituents is 1. The standard InChI is InChI=1S/C22H19F3N4O6/c1-11(2)28-20(31)15-7-5-4-6-14(15)18(27-28)21(32)35-12(3)19(30)26-17-9-8-13(29(33)34)10-16(17)22(23,24)25/h4-12H,1-3H3,(H,26,30)/t12-/m0/s1. The van der Waals surface area contributed by atoms with E-state index in [0.717, 1.165) is 23.7 Å². The molecule has 35 heavy (non-hydrogen) atoms. The number of benzene rings is 2. The SMILES string of the molecule is CC(C)n1nc(C(=O)O[C@@H](C)C(=O)Nc2ccc([N+](=O)[O-])cc2C(F)(F)F)c2ccccc2c1=O. The fourth-order valence-corrected chi connectivity index (χ4v) is 3.20. The van der Waals surface area contributed by atoms with Gasteiger partial charge in [-0.3, -0.25) is 19.7 Å². The molecule has 0 unspecified atom stereocenters. The first-order chi connectivity index (χ1) is 16.3. The highest BCUT2D eigenvalue weighted by Gasteiger charge is 2.36. The predicted octanol–water partition coefficient (Wildman–Crippen LogP) is 4.09. The number of aromatic nitrogens is 2. The average molecular weight is 492 g/mol. The van der Waals surface area contributed by atoms with Crippen LogP contribution in [0, 0.1) is 10.1 Å². The molecule has 0 saturated heterocycles. The monoisotopic (exact) mass is 492 g/mol. The van der Waals surface area contributed by atoms with E-state index in [1.165, 1.54) is 12.1 Å². The molecule has 13 heteroatoms. The van der Waals surface area contributed by atoms with Gasteiger partial charge in [0.15, 0.2) is 11.8 Å². The number of nitro benzene ring substituents is 1. The lowest BCUT2D eigenvalue weighted by molar-refractivity contribution is -0.385. The van der Waals surface area contributed by atoms with E-state index >= 15 is 0 Å². The molecule has 0 fully saturated rings. The molecule has 2 aromatic carbocycles. The number of anilines is 1. The zero-order valence-corrected chi connectivity index (χ0v) is 18.6. The Kier molecular flexibility index (Phi) is 6.89. The maximum absolute atomic E-state index is 13.4. The van der Waals surface area contributed by atoms with Crippen LogP contribution in [-0.2, 0) is 15.7 Å². The third kappa shape index (κ3) is 5.28. The van der Waals surface area contributed by atoms with Crippen LogP contribution in [0.3, 0.4) is 0 Å². The van der Waals surface area contributed by atoms with Crippen molar-refractivity contribution in [2.24, 2.45) is 0 Å². The van der Waals surface area contributed by atoms with E-state index in [4.69, 9.17) is 4.74 Å². The summed E-state index contributed by atoms with van der Waals surface area (Å²) in [5.41, 5.74) is -3.67. The Bertz CT molecular complexity index is 1380. The van der Waals surface area contributed by atoms with Crippen molar-refractivity contribution in [3.8, 4) is 0 Å². The Morgan fingerprint density at radius 1 is 1.11 bits per heavy atom. The molecule has 0 spiro atoms. The van der Waals surface area contributed by atoms with E-state index in [9.17, 15) is 37.7 Å². The minimum atomic E-state index is -5.00. The third-order valence-corrected chi connectivity index (χ3v) is 4.94. The van der Waals surface area contributed by atoms with Crippen molar-refractivity contribution in [2.45, 2.75) is 39.1 Å². The number of ether oxygens (including phenoxy) is 1. The largest absolute Gasteiger partial charge is 0.448 e. The average Bonchev–Trinajstić information content (AvgIpc) is 2.78. The second-order valence-corrected chi connectivity index (χ2v) is 7.76. The van der Waals surface area contributed by atoms with Gasteiger partial charge in [0, 0.05) is 17.5 Å². The summed E-state index contributed by atoms with van der Waals surface area (Å²) >= 11 is 0. The normalized spacial score (nSPS) is 12.4. The zero-order chi connectivity index (χ0) is 26.1. The van der Waals surface area contributed by atoms with Crippen LogP contribution in [0.25, 0.3) is 10.8 Å². The highest BCUT2D eigenvalue weighted by molar-refractivity contribution is 6.03. The van der Waals surface area contributed by atoms with Crippen molar-refractivity contribution in [3.63, 3.8) is 0 Å². The molecule has 0 radical (unpaired) electrons. The number of halogens is 3. The molecular weight excluding hydrogens is 473 g/mol. The molecular formula is C22H19F3N4O6. The minimum Gasteiger partial charge on any atom is -0.448 e. The van der Waals surface area contributed by atoms with Gasteiger partial charge >= 0.3 is 12.1 Å². The van der Waals surface area contributed by atoms with Gasteiger partial charge in [-0.15, -0.1) is 0 Å². The summed E-state index contributed by atoms with van der Waals surface area (Å²) in [7, 11) is 0. The van der Waals surface area contributed by atoms with Crippen LogP contribution < -0.4 is 10.9 Å². The maximum Gasteiger partial charge on any atom is 0.418 e. The van der Waals surface area contributed by atoms with Crippen LogP contribution in [0.2, 0.25) is 0 Å². The first kappa shape index (κ1) is 25.3. The molecule has 0 bridgehead atoms. The number of nitro groups is 1. The van der Waals surface area contributed by atoms with Crippen LogP contribution in [0.4, 0.5) is 24.5 Å². The fraction of sp³-hybridized carbons (Fsp3) is 0.273. The third-order valence-electron chi connectivity index (χ3n) is 4.94. The van der Waals surface area contributed by atoms with Crippen molar-refractivity contribution < 1.29 is 32.4 Å². The molecule has 3 rings (SSSR count). The van der Waals surface area contributed by atoms with Gasteiger partial charge in [0.1, 0.15) is 0 Å². The Balaban J connectivity index is 1.89. The summed E-state index contributed by atoms with van der Waals surface area (Å²) in [6.07, 6.45) is -6.57. The van der Waals surface area contributed by atoms with Crippen molar-refractivity contribution in [1.29, 1.82) is 0 Å². The predicted molar refractivity (Wildman–Crippen MR) is 118 cm³/mol. The lowest BCUT2D eigenvalue weighted by Gasteiger charge is -2.17. The van der Waals surface area contributed by atoms with Gasteiger partial charge in [-0.25, -0.2) is 9.48 Å². The fourth-order valence-electron chi connectivity index (χ4n) is 3.20. The molecule has 0 aliphatic heterocycles. The molecule has 1 N–H and O–H groups in total. The molecule has 0 aliphatic rings. The topological polar surface area (TPSA) is 133 Å². The molecule has 0 saturated carbocycles. The van der Waals surface area contributed by atoms with Crippen LogP contribution >= 0.6 is 0 Å². The number of nitrogens with one attached hydrogen (secondary N) is 1. The molecule has 1 aromatic heterocycles. The van der Waals surface area contributed by atoms with E-state index in [0.29, 0.717) is 0 Å². The first-order valence-corrected chi connectivity index (χ1v) is 10.2. The van der Waals surface area contributed by atoms with Crippen LogP contribution in [0.5, 0.6) is 0 Å². The van der Waals surface area contributed by atoms with Crippen LogP contribution in [0.1, 0.15) is 42.9 Å². The first-order valence-electron chi connectivity index (χ1n) is 10.2. The number of carbonyl (C=O) groups excluding carboxylic acids is 2. The van der Waals surface area contributed by atoms with Crippen molar-refractivity contribution in [1.82, 2.24) is 9.78 Å². The molecule has 3 aromatic rings. The number of esters is 1.